The summed E-state index contributed by atoms with van der Waals surface area (Å²) < 4.78 is 5.85. The second-order valence-electron chi connectivity index (χ2n) is 6.19. The van der Waals surface area contributed by atoms with Gasteiger partial charge in [-0.25, -0.2) is 0 Å². The summed E-state index contributed by atoms with van der Waals surface area (Å²) in [5.41, 5.74) is 1.20. The third-order valence-electron chi connectivity index (χ3n) is 4.13. The third-order valence-corrected chi connectivity index (χ3v) is 4.13. The van der Waals surface area contributed by atoms with Crippen LogP contribution in [0, 0.1) is 11.3 Å². The molecule has 0 fully saturated rings. The van der Waals surface area contributed by atoms with Crippen molar-refractivity contribution in [2.24, 2.45) is 0 Å². The van der Waals surface area contributed by atoms with Gasteiger partial charge in [0.05, 0.1) is 16.9 Å². The summed E-state index contributed by atoms with van der Waals surface area (Å²) in [4.78, 5) is 26.1. The number of hydrogen-bond acceptors (Lipinski definition) is 4. The Kier molecular flexibility index (Phi) is 6.23. The van der Waals surface area contributed by atoms with Crippen molar-refractivity contribution >= 4 is 23.2 Å². The van der Waals surface area contributed by atoms with Crippen LogP contribution in [-0.4, -0.2) is 18.4 Å². The number of amides is 2. The van der Waals surface area contributed by atoms with Crippen molar-refractivity contribution in [2.75, 3.05) is 16.8 Å². The van der Waals surface area contributed by atoms with Crippen molar-refractivity contribution in [3.8, 4) is 17.6 Å². The minimum atomic E-state index is -0.406. The molecule has 6 nitrogen and oxygen atoms in total. The van der Waals surface area contributed by atoms with Crippen LogP contribution in [-0.2, 0) is 9.59 Å². The molecule has 0 unspecified atom stereocenters. The molecular weight excluding hydrogens is 366 g/mol. The Balaban J connectivity index is 1.78. The molecule has 0 heterocycles. The zero-order valence-corrected chi connectivity index (χ0v) is 15.8. The van der Waals surface area contributed by atoms with Gasteiger partial charge < -0.3 is 15.0 Å². The molecule has 2 amide bonds. The summed E-state index contributed by atoms with van der Waals surface area (Å²) >= 11 is 0. The van der Waals surface area contributed by atoms with Crippen molar-refractivity contribution in [1.29, 1.82) is 5.26 Å². The summed E-state index contributed by atoms with van der Waals surface area (Å²) in [5.74, 6) is 0.384. The first-order valence-corrected chi connectivity index (χ1v) is 8.97. The number of carbonyl (C=O) groups is 2. The van der Waals surface area contributed by atoms with Crippen LogP contribution in [0.3, 0.4) is 0 Å². The molecule has 1 N–H and O–H groups in total. The lowest BCUT2D eigenvalue weighted by Crippen LogP contribution is -2.37. The van der Waals surface area contributed by atoms with Crippen LogP contribution in [0.2, 0.25) is 0 Å². The number of anilines is 2. The van der Waals surface area contributed by atoms with E-state index in [-0.39, 0.29) is 12.5 Å². The highest BCUT2D eigenvalue weighted by Crippen LogP contribution is 2.29. The fourth-order valence-corrected chi connectivity index (χ4v) is 2.78. The van der Waals surface area contributed by atoms with E-state index >= 15 is 0 Å². The highest BCUT2D eigenvalue weighted by Gasteiger charge is 2.19. The average Bonchev–Trinajstić information content (AvgIpc) is 2.74. The molecule has 0 aliphatic heterocycles. The van der Waals surface area contributed by atoms with Crippen molar-refractivity contribution in [3.05, 3.63) is 84.4 Å². The standard InChI is InChI=1S/C23H19N3O3/c1-17(27)26(21-13-7-5-9-18(21)15-24)16-23(28)25-20-12-6-8-14-22(20)29-19-10-3-2-4-11-19/h2-14H,16H2,1H3,(H,25,28). The molecule has 0 saturated carbocycles. The number of rotatable bonds is 6. The van der Waals surface area contributed by atoms with Gasteiger partial charge in [0, 0.05) is 6.92 Å². The van der Waals surface area contributed by atoms with Crippen molar-refractivity contribution in [3.63, 3.8) is 0 Å². The molecule has 0 saturated heterocycles. The van der Waals surface area contributed by atoms with E-state index in [0.29, 0.717) is 28.4 Å². The predicted molar refractivity (Wildman–Crippen MR) is 111 cm³/mol. The molecule has 6 heteroatoms. The zero-order valence-electron chi connectivity index (χ0n) is 15.8. The van der Waals surface area contributed by atoms with Crippen molar-refractivity contribution in [1.82, 2.24) is 0 Å². The quantitative estimate of drug-likeness (QED) is 0.684. The monoisotopic (exact) mass is 385 g/mol. The molecular formula is C23H19N3O3. The van der Waals surface area contributed by atoms with Crippen LogP contribution in [0.25, 0.3) is 0 Å². The van der Waals surface area contributed by atoms with E-state index in [1.54, 1.807) is 48.5 Å². The summed E-state index contributed by atoms with van der Waals surface area (Å²) in [6.45, 7) is 1.13. The second kappa shape index (κ2) is 9.20. The smallest absolute Gasteiger partial charge is 0.244 e. The Bertz CT molecular complexity index is 1060. The third kappa shape index (κ3) is 4.99. The Hall–Kier alpha value is -4.11. The molecule has 0 atom stereocenters. The Morgan fingerprint density at radius 2 is 1.62 bits per heavy atom. The van der Waals surface area contributed by atoms with Gasteiger partial charge >= 0.3 is 0 Å². The summed E-state index contributed by atoms with van der Waals surface area (Å²) in [6.07, 6.45) is 0. The number of ether oxygens (including phenoxy) is 1. The maximum atomic E-state index is 12.7. The molecule has 3 aromatic carbocycles. The number of hydrogen-bond donors (Lipinski definition) is 1. The van der Waals surface area contributed by atoms with Crippen LogP contribution in [0.5, 0.6) is 11.5 Å². The van der Waals surface area contributed by atoms with Gasteiger partial charge in [0.2, 0.25) is 11.8 Å². The van der Waals surface area contributed by atoms with Gasteiger partial charge in [-0.05, 0) is 36.4 Å². The first-order chi connectivity index (χ1) is 14.1. The van der Waals surface area contributed by atoms with Crippen LogP contribution >= 0.6 is 0 Å². The number of nitriles is 1. The lowest BCUT2D eigenvalue weighted by atomic mass is 10.1. The topological polar surface area (TPSA) is 82.4 Å². The molecule has 0 aliphatic carbocycles. The molecule has 0 bridgehead atoms. The SMILES string of the molecule is CC(=O)N(CC(=O)Nc1ccccc1Oc1ccccc1)c1ccccc1C#N. The molecule has 0 radical (unpaired) electrons. The molecule has 0 spiro atoms. The molecule has 144 valence electrons. The zero-order chi connectivity index (χ0) is 20.6. The predicted octanol–water partition coefficient (Wildman–Crippen LogP) is 4.34. The fraction of sp³-hybridized carbons (Fsp3) is 0.0870. The van der Waals surface area contributed by atoms with E-state index in [2.05, 4.69) is 5.32 Å². The van der Waals surface area contributed by atoms with Gasteiger partial charge in [-0.15, -0.1) is 0 Å². The van der Waals surface area contributed by atoms with E-state index < -0.39 is 5.91 Å². The maximum Gasteiger partial charge on any atom is 0.244 e. The van der Waals surface area contributed by atoms with Gasteiger partial charge in [-0.1, -0.05) is 42.5 Å². The molecule has 29 heavy (non-hydrogen) atoms. The molecule has 3 aromatic rings. The van der Waals surface area contributed by atoms with E-state index in [4.69, 9.17) is 4.74 Å². The van der Waals surface area contributed by atoms with E-state index in [1.165, 1.54) is 11.8 Å². The minimum Gasteiger partial charge on any atom is -0.455 e. The van der Waals surface area contributed by atoms with E-state index in [9.17, 15) is 14.9 Å². The van der Waals surface area contributed by atoms with Gasteiger partial charge in [-0.2, -0.15) is 5.26 Å². The van der Waals surface area contributed by atoms with Crippen LogP contribution < -0.4 is 15.0 Å². The number of para-hydroxylation sites is 4. The maximum absolute atomic E-state index is 12.7. The normalized spacial score (nSPS) is 9.93. The van der Waals surface area contributed by atoms with Gasteiger partial charge in [0.25, 0.3) is 0 Å². The summed E-state index contributed by atoms with van der Waals surface area (Å²) in [7, 11) is 0. The number of carbonyl (C=O) groups excluding carboxylic acids is 2. The lowest BCUT2D eigenvalue weighted by molar-refractivity contribution is -0.120. The first-order valence-electron chi connectivity index (χ1n) is 8.97. The summed E-state index contributed by atoms with van der Waals surface area (Å²) in [5, 5.41) is 12.1. The Labute approximate surface area is 169 Å². The summed E-state index contributed by atoms with van der Waals surface area (Å²) in [6, 6.07) is 25.0. The Morgan fingerprint density at radius 3 is 2.34 bits per heavy atom. The molecule has 0 aliphatic rings. The average molecular weight is 385 g/mol. The van der Waals surface area contributed by atoms with Crippen LogP contribution in [0.1, 0.15) is 12.5 Å². The van der Waals surface area contributed by atoms with E-state index in [0.717, 1.165) is 0 Å². The largest absolute Gasteiger partial charge is 0.455 e. The fourth-order valence-electron chi connectivity index (χ4n) is 2.78. The highest BCUT2D eigenvalue weighted by atomic mass is 16.5. The Morgan fingerprint density at radius 1 is 0.966 bits per heavy atom. The molecule has 3 rings (SSSR count). The van der Waals surface area contributed by atoms with Gasteiger partial charge in [0.1, 0.15) is 18.4 Å². The first kappa shape index (κ1) is 19.6. The van der Waals surface area contributed by atoms with Crippen molar-refractivity contribution < 1.29 is 14.3 Å². The van der Waals surface area contributed by atoms with Crippen molar-refractivity contribution in [2.45, 2.75) is 6.92 Å². The van der Waals surface area contributed by atoms with Crippen LogP contribution in [0.4, 0.5) is 11.4 Å². The molecule has 0 aromatic heterocycles. The second-order valence-corrected chi connectivity index (χ2v) is 6.19. The van der Waals surface area contributed by atoms with Gasteiger partial charge in [0.15, 0.2) is 5.75 Å². The number of nitrogens with zero attached hydrogens (tertiary/aromatic N) is 2. The van der Waals surface area contributed by atoms with Crippen LogP contribution in [0.15, 0.2) is 78.9 Å². The van der Waals surface area contributed by atoms with E-state index in [1.807, 2.05) is 36.4 Å². The lowest BCUT2D eigenvalue weighted by Gasteiger charge is -2.22. The number of nitrogens with one attached hydrogen (secondary N) is 1. The minimum absolute atomic E-state index is 0.228. The highest BCUT2D eigenvalue weighted by molar-refractivity contribution is 6.03. The number of benzene rings is 3. The van der Waals surface area contributed by atoms with Gasteiger partial charge in [-0.3, -0.25) is 9.59 Å².